The molecule has 0 aromatic carbocycles. The van der Waals surface area contributed by atoms with Crippen LogP contribution in [0.2, 0.25) is 0 Å². The minimum absolute atomic E-state index is 0.349. The Morgan fingerprint density at radius 3 is 2.00 bits per heavy atom. The first-order chi connectivity index (χ1) is 7.39. The van der Waals surface area contributed by atoms with Gasteiger partial charge in [-0.3, -0.25) is 0 Å². The highest BCUT2D eigenvalue weighted by Crippen LogP contribution is 2.22. The number of hydrogen-bond donors (Lipinski definition) is 1. The Kier molecular flexibility index (Phi) is 5.36. The molecule has 0 aliphatic carbocycles. The molecule has 102 valence electrons. The van der Waals surface area contributed by atoms with Gasteiger partial charge in [0.15, 0.2) is 0 Å². The van der Waals surface area contributed by atoms with Crippen LogP contribution in [0.3, 0.4) is 0 Å². The summed E-state index contributed by atoms with van der Waals surface area (Å²) in [5, 5.41) is -1.32. The van der Waals surface area contributed by atoms with Crippen LogP contribution in [0.4, 0.5) is 13.2 Å². The molecule has 9 heteroatoms. The fourth-order valence-electron chi connectivity index (χ4n) is 1.09. The Hall–Kier alpha value is -0.410. The van der Waals surface area contributed by atoms with E-state index < -0.39 is 34.0 Å². The standard InChI is InChI=1S/C8H15F3N2O2S2/c1-5(2)13(4-8(9,10)11)17(14,15)6(3)7(12)16/h5-6H,4H2,1-3H3,(H2,12,16). The molecule has 0 amide bonds. The van der Waals surface area contributed by atoms with Crippen molar-refractivity contribution in [2.24, 2.45) is 5.73 Å². The first-order valence-corrected chi connectivity index (χ1v) is 6.67. The fraction of sp³-hybridized carbons (Fsp3) is 0.875. The number of nitrogens with two attached hydrogens (primary N) is 1. The highest BCUT2D eigenvalue weighted by atomic mass is 32.2. The molecule has 0 aromatic rings. The maximum atomic E-state index is 12.3. The van der Waals surface area contributed by atoms with Crippen molar-refractivity contribution in [2.45, 2.75) is 38.2 Å². The lowest BCUT2D eigenvalue weighted by atomic mass is 10.4. The predicted molar refractivity (Wildman–Crippen MR) is 63.1 cm³/mol. The lowest BCUT2D eigenvalue weighted by molar-refractivity contribution is -0.138. The second-order valence-corrected chi connectivity index (χ2v) is 6.52. The normalized spacial score (nSPS) is 15.3. The molecule has 0 saturated carbocycles. The van der Waals surface area contributed by atoms with Crippen LogP contribution in [-0.2, 0) is 10.0 Å². The van der Waals surface area contributed by atoms with Gasteiger partial charge in [0.05, 0.1) is 4.99 Å². The summed E-state index contributed by atoms with van der Waals surface area (Å²) < 4.78 is 60.9. The maximum Gasteiger partial charge on any atom is 0.402 e. The summed E-state index contributed by atoms with van der Waals surface area (Å²) in [7, 11) is -4.19. The molecule has 1 unspecified atom stereocenters. The molecular weight excluding hydrogens is 277 g/mol. The molecule has 0 aliphatic rings. The topological polar surface area (TPSA) is 63.4 Å². The minimum Gasteiger partial charge on any atom is -0.392 e. The van der Waals surface area contributed by atoms with E-state index in [4.69, 9.17) is 5.73 Å². The van der Waals surface area contributed by atoms with Gasteiger partial charge in [-0.1, -0.05) is 12.2 Å². The van der Waals surface area contributed by atoms with E-state index in [0.717, 1.165) is 0 Å². The lowest BCUT2D eigenvalue weighted by Gasteiger charge is -2.29. The highest BCUT2D eigenvalue weighted by Gasteiger charge is 2.40. The van der Waals surface area contributed by atoms with Crippen LogP contribution in [0.5, 0.6) is 0 Å². The van der Waals surface area contributed by atoms with Gasteiger partial charge >= 0.3 is 6.18 Å². The van der Waals surface area contributed by atoms with Crippen LogP contribution in [0.25, 0.3) is 0 Å². The summed E-state index contributed by atoms with van der Waals surface area (Å²) in [5.41, 5.74) is 5.17. The number of alkyl halides is 3. The van der Waals surface area contributed by atoms with E-state index in [-0.39, 0.29) is 4.99 Å². The Morgan fingerprint density at radius 2 is 1.76 bits per heavy atom. The van der Waals surface area contributed by atoms with Gasteiger partial charge in [-0.25, -0.2) is 8.42 Å². The molecule has 0 saturated heterocycles. The number of thiocarbonyl (C=S) groups is 1. The average molecular weight is 292 g/mol. The third kappa shape index (κ3) is 4.76. The predicted octanol–water partition coefficient (Wildman–Crippen LogP) is 1.26. The van der Waals surface area contributed by atoms with Crippen molar-refractivity contribution in [3.8, 4) is 0 Å². The number of rotatable bonds is 5. The molecule has 1 atom stereocenters. The molecule has 0 fully saturated rings. The molecule has 4 nitrogen and oxygen atoms in total. The smallest absolute Gasteiger partial charge is 0.392 e. The van der Waals surface area contributed by atoms with Crippen LogP contribution in [-0.4, -0.2) is 41.7 Å². The Morgan fingerprint density at radius 1 is 1.35 bits per heavy atom. The first kappa shape index (κ1) is 16.6. The van der Waals surface area contributed by atoms with E-state index in [0.29, 0.717) is 4.31 Å². The highest BCUT2D eigenvalue weighted by molar-refractivity contribution is 7.92. The van der Waals surface area contributed by atoms with Crippen LogP contribution in [0.15, 0.2) is 0 Å². The SMILES string of the molecule is CC(C)N(CC(F)(F)F)S(=O)(=O)C(C)C(N)=S. The summed E-state index contributed by atoms with van der Waals surface area (Å²) in [4.78, 5) is -0.349. The Balaban J connectivity index is 5.28. The zero-order chi connectivity index (χ0) is 14.0. The van der Waals surface area contributed by atoms with E-state index in [1.807, 2.05) is 0 Å². The summed E-state index contributed by atoms with van der Waals surface area (Å²) >= 11 is 4.50. The van der Waals surface area contributed by atoms with E-state index in [1.165, 1.54) is 20.8 Å². The molecule has 0 aromatic heterocycles. The van der Waals surface area contributed by atoms with Crippen LogP contribution < -0.4 is 5.73 Å². The van der Waals surface area contributed by atoms with Crippen molar-refractivity contribution in [1.82, 2.24) is 4.31 Å². The van der Waals surface area contributed by atoms with Gasteiger partial charge in [0.25, 0.3) is 0 Å². The van der Waals surface area contributed by atoms with E-state index >= 15 is 0 Å². The van der Waals surface area contributed by atoms with Gasteiger partial charge in [0.2, 0.25) is 10.0 Å². The lowest BCUT2D eigenvalue weighted by Crippen LogP contribution is -2.49. The molecular formula is C8H15F3N2O2S2. The third-order valence-corrected chi connectivity index (χ3v) is 4.94. The van der Waals surface area contributed by atoms with Crippen LogP contribution in [0.1, 0.15) is 20.8 Å². The summed E-state index contributed by atoms with van der Waals surface area (Å²) in [5.74, 6) is 0. The summed E-state index contributed by atoms with van der Waals surface area (Å²) in [6, 6.07) is -0.821. The van der Waals surface area contributed by atoms with Gasteiger partial charge in [0, 0.05) is 6.04 Å². The Bertz CT molecular complexity index is 379. The quantitative estimate of drug-likeness (QED) is 0.775. The third-order valence-electron chi connectivity index (χ3n) is 2.09. The van der Waals surface area contributed by atoms with Crippen molar-refractivity contribution < 1.29 is 21.6 Å². The molecule has 0 aliphatic heterocycles. The summed E-state index contributed by atoms with van der Waals surface area (Å²) in [6.45, 7) is 2.34. The van der Waals surface area contributed by atoms with E-state index in [9.17, 15) is 21.6 Å². The Labute approximate surface area is 104 Å². The first-order valence-electron chi connectivity index (χ1n) is 4.76. The molecule has 0 heterocycles. The van der Waals surface area contributed by atoms with Crippen molar-refractivity contribution in [1.29, 1.82) is 0 Å². The zero-order valence-electron chi connectivity index (χ0n) is 9.65. The minimum atomic E-state index is -4.60. The molecule has 0 spiro atoms. The monoisotopic (exact) mass is 292 g/mol. The van der Waals surface area contributed by atoms with E-state index in [2.05, 4.69) is 12.2 Å². The fourth-order valence-corrected chi connectivity index (χ4v) is 3.07. The number of halogens is 3. The van der Waals surface area contributed by atoms with Crippen molar-refractivity contribution in [3.63, 3.8) is 0 Å². The van der Waals surface area contributed by atoms with Gasteiger partial charge in [-0.15, -0.1) is 0 Å². The molecule has 2 N–H and O–H groups in total. The second-order valence-electron chi connectivity index (χ2n) is 3.84. The number of sulfonamides is 1. The number of nitrogens with zero attached hydrogens (tertiary/aromatic N) is 1. The molecule has 17 heavy (non-hydrogen) atoms. The van der Waals surface area contributed by atoms with E-state index in [1.54, 1.807) is 0 Å². The van der Waals surface area contributed by atoms with Crippen LogP contribution in [0, 0.1) is 0 Å². The van der Waals surface area contributed by atoms with Gasteiger partial charge < -0.3 is 5.73 Å². The molecule has 0 bridgehead atoms. The summed E-state index contributed by atoms with van der Waals surface area (Å²) in [6.07, 6.45) is -4.60. The second kappa shape index (κ2) is 5.49. The van der Waals surface area contributed by atoms with Crippen molar-refractivity contribution in [2.75, 3.05) is 6.54 Å². The number of hydrogen-bond acceptors (Lipinski definition) is 3. The largest absolute Gasteiger partial charge is 0.402 e. The molecule has 0 rings (SSSR count). The average Bonchev–Trinajstić information content (AvgIpc) is 2.10. The van der Waals surface area contributed by atoms with Gasteiger partial charge in [-0.05, 0) is 20.8 Å². The van der Waals surface area contributed by atoms with Crippen molar-refractivity contribution >= 4 is 27.2 Å². The van der Waals surface area contributed by atoms with Crippen LogP contribution >= 0.6 is 12.2 Å². The molecule has 0 radical (unpaired) electrons. The maximum absolute atomic E-state index is 12.3. The zero-order valence-corrected chi connectivity index (χ0v) is 11.3. The van der Waals surface area contributed by atoms with Gasteiger partial charge in [-0.2, -0.15) is 17.5 Å². The van der Waals surface area contributed by atoms with Gasteiger partial charge in [0.1, 0.15) is 11.8 Å². The van der Waals surface area contributed by atoms with Crippen molar-refractivity contribution in [3.05, 3.63) is 0 Å².